The second-order valence-corrected chi connectivity index (χ2v) is 8.64. The van der Waals surface area contributed by atoms with Crippen molar-refractivity contribution in [3.8, 4) is 0 Å². The summed E-state index contributed by atoms with van der Waals surface area (Å²) in [6.45, 7) is 4.36. The van der Waals surface area contributed by atoms with E-state index in [1.54, 1.807) is 6.92 Å². The number of ether oxygens (including phenoxy) is 1. The minimum absolute atomic E-state index is 0.0471. The van der Waals surface area contributed by atoms with E-state index in [2.05, 4.69) is 6.92 Å². The van der Waals surface area contributed by atoms with Crippen LogP contribution in [0.3, 0.4) is 0 Å². The van der Waals surface area contributed by atoms with E-state index in [4.69, 9.17) is 4.74 Å². The number of fused-ring (bicyclic) bond motifs is 1. The van der Waals surface area contributed by atoms with Crippen molar-refractivity contribution >= 4 is 11.9 Å². The van der Waals surface area contributed by atoms with Crippen LogP contribution < -0.4 is 0 Å². The number of likely N-dealkylation sites (tertiary alicyclic amines) is 1. The Kier molecular flexibility index (Phi) is 3.70. The number of piperidine rings is 1. The van der Waals surface area contributed by atoms with Gasteiger partial charge in [-0.2, -0.15) is 0 Å². The van der Waals surface area contributed by atoms with Crippen molar-refractivity contribution in [3.63, 3.8) is 0 Å². The summed E-state index contributed by atoms with van der Waals surface area (Å²) in [6, 6.07) is -0.747. The number of carboxylic acid groups (broad SMARTS) is 1. The van der Waals surface area contributed by atoms with E-state index in [-0.39, 0.29) is 42.4 Å². The zero-order valence-electron chi connectivity index (χ0n) is 14.6. The summed E-state index contributed by atoms with van der Waals surface area (Å²) in [5, 5.41) is 9.64. The average molecular weight is 357 g/mol. The first kappa shape index (κ1) is 17.2. The molecule has 1 amide bonds. The average Bonchev–Trinajstić information content (AvgIpc) is 3.34. The molecule has 7 heteroatoms. The molecule has 0 aromatic heterocycles. The van der Waals surface area contributed by atoms with Gasteiger partial charge in [0.2, 0.25) is 5.91 Å². The van der Waals surface area contributed by atoms with Crippen molar-refractivity contribution in [3.05, 3.63) is 0 Å². The van der Waals surface area contributed by atoms with Crippen molar-refractivity contribution in [1.82, 2.24) is 4.90 Å². The molecule has 4 aliphatic rings. The lowest BCUT2D eigenvalue weighted by molar-refractivity contribution is -0.182. The van der Waals surface area contributed by atoms with Gasteiger partial charge in [0.15, 0.2) is 0 Å². The van der Waals surface area contributed by atoms with Gasteiger partial charge < -0.3 is 14.7 Å². The highest BCUT2D eigenvalue weighted by molar-refractivity contribution is 5.86. The van der Waals surface area contributed by atoms with Crippen LogP contribution in [0.5, 0.6) is 0 Å². The Bertz CT molecular complexity index is 600. The number of hydrogen-bond acceptors (Lipinski definition) is 3. The number of alkyl halides is 2. The van der Waals surface area contributed by atoms with Gasteiger partial charge in [0.25, 0.3) is 5.92 Å². The lowest BCUT2D eigenvalue weighted by Crippen LogP contribution is -2.47. The van der Waals surface area contributed by atoms with Gasteiger partial charge in [-0.1, -0.05) is 6.92 Å². The minimum atomic E-state index is -2.65. The third-order valence-electron chi connectivity index (χ3n) is 6.88. The van der Waals surface area contributed by atoms with Crippen LogP contribution in [-0.2, 0) is 14.3 Å². The summed E-state index contributed by atoms with van der Waals surface area (Å²) < 4.78 is 31.2. The number of nitrogens with zero attached hydrogens (tertiary/aromatic N) is 1. The van der Waals surface area contributed by atoms with Crippen LogP contribution in [0.1, 0.15) is 46.0 Å². The minimum Gasteiger partial charge on any atom is -0.480 e. The highest BCUT2D eigenvalue weighted by Crippen LogP contribution is 2.73. The summed E-state index contributed by atoms with van der Waals surface area (Å²) in [5.41, 5.74) is 0.0828. The molecule has 5 atom stereocenters. The zero-order valence-corrected chi connectivity index (χ0v) is 14.6. The van der Waals surface area contributed by atoms with Gasteiger partial charge in [0, 0.05) is 25.3 Å². The summed E-state index contributed by atoms with van der Waals surface area (Å²) in [7, 11) is 0. The maximum Gasteiger partial charge on any atom is 0.326 e. The quantitative estimate of drug-likeness (QED) is 0.793. The van der Waals surface area contributed by atoms with Crippen LogP contribution in [0, 0.1) is 23.2 Å². The largest absolute Gasteiger partial charge is 0.480 e. The van der Waals surface area contributed by atoms with Crippen LogP contribution in [-0.4, -0.2) is 52.6 Å². The molecule has 4 rings (SSSR count). The van der Waals surface area contributed by atoms with Gasteiger partial charge in [0.1, 0.15) is 6.04 Å². The molecular weight excluding hydrogens is 332 g/mol. The fraction of sp³-hybridized carbons (Fsp3) is 0.889. The summed E-state index contributed by atoms with van der Waals surface area (Å²) in [4.78, 5) is 25.8. The number of hydrogen-bond donors (Lipinski definition) is 1. The number of carboxylic acids is 1. The Morgan fingerprint density at radius 2 is 1.96 bits per heavy atom. The van der Waals surface area contributed by atoms with Crippen LogP contribution >= 0.6 is 0 Å². The normalized spacial score (nSPS) is 40.3. The second kappa shape index (κ2) is 5.38. The third kappa shape index (κ3) is 2.75. The molecular formula is C18H25F2NO4. The first-order chi connectivity index (χ1) is 11.6. The van der Waals surface area contributed by atoms with E-state index >= 15 is 0 Å². The summed E-state index contributed by atoms with van der Waals surface area (Å²) >= 11 is 0. The maximum absolute atomic E-state index is 12.9. The molecule has 0 aromatic rings. The molecule has 1 aliphatic heterocycles. The lowest BCUT2D eigenvalue weighted by atomic mass is 9.90. The number of aliphatic carboxylic acids is 1. The van der Waals surface area contributed by atoms with E-state index in [9.17, 15) is 23.5 Å². The molecule has 0 radical (unpaired) electrons. The van der Waals surface area contributed by atoms with E-state index in [1.807, 2.05) is 0 Å². The Morgan fingerprint density at radius 1 is 1.32 bits per heavy atom. The number of amides is 1. The van der Waals surface area contributed by atoms with Gasteiger partial charge in [-0.15, -0.1) is 0 Å². The van der Waals surface area contributed by atoms with Crippen molar-refractivity contribution < 1.29 is 28.2 Å². The van der Waals surface area contributed by atoms with E-state index in [1.165, 1.54) is 17.7 Å². The Labute approximate surface area is 145 Å². The topological polar surface area (TPSA) is 66.8 Å². The maximum atomic E-state index is 12.9. The van der Waals surface area contributed by atoms with Crippen LogP contribution in [0.15, 0.2) is 0 Å². The first-order valence-corrected chi connectivity index (χ1v) is 9.19. The summed E-state index contributed by atoms with van der Waals surface area (Å²) in [6.07, 6.45) is 0.814. The predicted molar refractivity (Wildman–Crippen MR) is 84.1 cm³/mol. The van der Waals surface area contributed by atoms with Crippen LogP contribution in [0.25, 0.3) is 0 Å². The van der Waals surface area contributed by atoms with Crippen molar-refractivity contribution in [2.45, 2.75) is 70.1 Å². The molecule has 25 heavy (non-hydrogen) atoms. The highest BCUT2D eigenvalue weighted by Gasteiger charge is 2.75. The molecule has 3 saturated carbocycles. The van der Waals surface area contributed by atoms with Crippen LogP contribution in [0.2, 0.25) is 0 Å². The Morgan fingerprint density at radius 3 is 2.48 bits per heavy atom. The van der Waals surface area contributed by atoms with Crippen molar-refractivity contribution in [1.29, 1.82) is 0 Å². The molecule has 1 heterocycles. The van der Waals surface area contributed by atoms with E-state index < -0.39 is 30.1 Å². The predicted octanol–water partition coefficient (Wildman–Crippen LogP) is 2.54. The standard InChI is InChI=1S/C18H25F2NO4/c1-9(25-11-6-18(19,20)7-11)5-13(22)21-8-12-14(15(21)16(23)24)17(12,2)10-3-4-10/h9-12,14-15H,3-8H2,1-2H3,(H,23,24)/t9-,12+,14+,15+,17?/m1/s1. The Balaban J connectivity index is 1.34. The highest BCUT2D eigenvalue weighted by atomic mass is 19.3. The molecule has 1 unspecified atom stereocenters. The number of carbonyl (C=O) groups excluding carboxylic acids is 1. The van der Waals surface area contributed by atoms with Gasteiger partial charge in [-0.3, -0.25) is 4.79 Å². The molecule has 140 valence electrons. The molecule has 1 N–H and O–H groups in total. The second-order valence-electron chi connectivity index (χ2n) is 8.64. The summed E-state index contributed by atoms with van der Waals surface area (Å²) in [5.74, 6) is -2.86. The molecule has 1 saturated heterocycles. The number of rotatable bonds is 6. The lowest BCUT2D eigenvalue weighted by Gasteiger charge is -2.37. The van der Waals surface area contributed by atoms with Gasteiger partial charge >= 0.3 is 5.97 Å². The van der Waals surface area contributed by atoms with Gasteiger partial charge in [0.05, 0.1) is 18.6 Å². The van der Waals surface area contributed by atoms with Gasteiger partial charge in [-0.25, -0.2) is 13.6 Å². The van der Waals surface area contributed by atoms with Crippen molar-refractivity contribution in [2.24, 2.45) is 23.2 Å². The molecule has 5 nitrogen and oxygen atoms in total. The smallest absolute Gasteiger partial charge is 0.326 e. The SMILES string of the molecule is C[C@H](CC(=O)N1C[C@H]2[C@@H]([C@H]1C(=O)O)C2(C)C1CC1)OC1CC(F)(F)C1. The monoisotopic (exact) mass is 357 g/mol. The first-order valence-electron chi connectivity index (χ1n) is 9.19. The fourth-order valence-electron chi connectivity index (χ4n) is 5.32. The van der Waals surface area contributed by atoms with E-state index in [0.29, 0.717) is 12.5 Å². The molecule has 3 aliphatic carbocycles. The Hall–Kier alpha value is -1.24. The molecule has 0 bridgehead atoms. The molecule has 0 spiro atoms. The number of carbonyl (C=O) groups is 2. The number of halogens is 2. The third-order valence-corrected chi connectivity index (χ3v) is 6.88. The molecule has 0 aromatic carbocycles. The van der Waals surface area contributed by atoms with E-state index in [0.717, 1.165) is 0 Å². The van der Waals surface area contributed by atoms with Crippen LogP contribution in [0.4, 0.5) is 8.78 Å². The van der Waals surface area contributed by atoms with Crippen molar-refractivity contribution in [2.75, 3.05) is 6.54 Å². The van der Waals surface area contributed by atoms with Gasteiger partial charge in [-0.05, 0) is 37.0 Å². The molecule has 4 fully saturated rings. The zero-order chi connectivity index (χ0) is 18.1. The fourth-order valence-corrected chi connectivity index (χ4v) is 5.32.